The summed E-state index contributed by atoms with van der Waals surface area (Å²) in [5.74, 6) is 0.0509. The second-order valence-corrected chi connectivity index (χ2v) is 7.89. The Labute approximate surface area is 159 Å². The molecule has 0 spiro atoms. The lowest BCUT2D eigenvalue weighted by molar-refractivity contribution is -0.121. The summed E-state index contributed by atoms with van der Waals surface area (Å²) in [7, 11) is 0. The van der Waals surface area contributed by atoms with E-state index in [1.54, 1.807) is 23.5 Å². The van der Waals surface area contributed by atoms with Crippen molar-refractivity contribution >= 4 is 27.5 Å². The lowest BCUT2D eigenvalue weighted by Gasteiger charge is -2.09. The molecule has 0 unspecified atom stereocenters. The molecule has 4 rings (SSSR count). The number of carbonyl (C=O) groups excluding carboxylic acids is 1. The predicted octanol–water partition coefficient (Wildman–Crippen LogP) is 3.25. The molecule has 1 aliphatic rings. The van der Waals surface area contributed by atoms with Gasteiger partial charge in [-0.05, 0) is 48.9 Å². The monoisotopic (exact) mass is 385 g/mol. The minimum absolute atomic E-state index is 0.102. The number of H-pyrrole nitrogens is 1. The first kappa shape index (κ1) is 17.9. The molecule has 0 saturated heterocycles. The van der Waals surface area contributed by atoms with E-state index in [-0.39, 0.29) is 30.2 Å². The van der Waals surface area contributed by atoms with Crippen molar-refractivity contribution in [3.05, 3.63) is 62.3 Å². The van der Waals surface area contributed by atoms with E-state index in [2.05, 4.69) is 15.3 Å². The van der Waals surface area contributed by atoms with Gasteiger partial charge in [0.25, 0.3) is 5.56 Å². The number of thiophene rings is 1. The molecule has 0 atom stereocenters. The van der Waals surface area contributed by atoms with Crippen LogP contribution in [0, 0.1) is 5.82 Å². The van der Waals surface area contributed by atoms with Crippen molar-refractivity contribution in [2.75, 3.05) is 0 Å². The number of aromatic nitrogens is 2. The van der Waals surface area contributed by atoms with E-state index in [1.165, 1.54) is 17.0 Å². The third-order valence-corrected chi connectivity index (χ3v) is 6.03. The van der Waals surface area contributed by atoms with Gasteiger partial charge in [0.1, 0.15) is 16.5 Å². The van der Waals surface area contributed by atoms with Crippen LogP contribution in [-0.2, 0) is 30.6 Å². The summed E-state index contributed by atoms with van der Waals surface area (Å²) in [5.41, 5.74) is 1.77. The standard InChI is InChI=1S/C20H20FN3O2S/c21-13-5-3-4-12(10-13)11-22-17(25)9-8-16-23-19(26)18-14-6-1-2-7-15(14)27-20(18)24-16/h3-5,10H,1-2,6-9,11H2,(H,22,25)(H,23,24,26). The highest BCUT2D eigenvalue weighted by molar-refractivity contribution is 7.18. The average Bonchev–Trinajstić information content (AvgIpc) is 3.03. The zero-order chi connectivity index (χ0) is 18.8. The fourth-order valence-electron chi connectivity index (χ4n) is 3.49. The molecular formula is C20H20FN3O2S. The second-order valence-electron chi connectivity index (χ2n) is 6.81. The Hall–Kier alpha value is -2.54. The van der Waals surface area contributed by atoms with Gasteiger partial charge in [-0.1, -0.05) is 12.1 Å². The van der Waals surface area contributed by atoms with E-state index in [9.17, 15) is 14.0 Å². The Morgan fingerprint density at radius 3 is 3.00 bits per heavy atom. The summed E-state index contributed by atoms with van der Waals surface area (Å²) >= 11 is 1.60. The number of halogens is 1. The van der Waals surface area contributed by atoms with Crippen LogP contribution in [0.4, 0.5) is 4.39 Å². The third-order valence-electron chi connectivity index (χ3n) is 4.84. The highest BCUT2D eigenvalue weighted by atomic mass is 32.1. The number of hydrogen-bond donors (Lipinski definition) is 2. The molecule has 0 radical (unpaired) electrons. The molecular weight excluding hydrogens is 365 g/mol. The second kappa shape index (κ2) is 7.60. The van der Waals surface area contributed by atoms with E-state index < -0.39 is 0 Å². The smallest absolute Gasteiger partial charge is 0.259 e. The number of rotatable bonds is 5. The van der Waals surface area contributed by atoms with Gasteiger partial charge in [0.05, 0.1) is 5.39 Å². The number of fused-ring (bicyclic) bond motifs is 3. The predicted molar refractivity (Wildman–Crippen MR) is 103 cm³/mol. The van der Waals surface area contributed by atoms with E-state index >= 15 is 0 Å². The average molecular weight is 385 g/mol. The highest BCUT2D eigenvalue weighted by Gasteiger charge is 2.19. The van der Waals surface area contributed by atoms with Crippen molar-refractivity contribution in [2.24, 2.45) is 0 Å². The van der Waals surface area contributed by atoms with Crippen LogP contribution in [0.2, 0.25) is 0 Å². The van der Waals surface area contributed by atoms with Gasteiger partial charge < -0.3 is 10.3 Å². The molecule has 2 heterocycles. The van der Waals surface area contributed by atoms with E-state index in [1.807, 2.05) is 0 Å². The van der Waals surface area contributed by atoms with Crippen molar-refractivity contribution < 1.29 is 9.18 Å². The topological polar surface area (TPSA) is 74.8 Å². The van der Waals surface area contributed by atoms with E-state index in [0.717, 1.165) is 41.5 Å². The van der Waals surface area contributed by atoms with Gasteiger partial charge >= 0.3 is 0 Å². The molecule has 3 aromatic rings. The number of nitrogens with zero attached hydrogens (tertiary/aromatic N) is 1. The Morgan fingerprint density at radius 2 is 2.15 bits per heavy atom. The first-order valence-corrected chi connectivity index (χ1v) is 9.96. The Balaban J connectivity index is 1.41. The first-order chi connectivity index (χ1) is 13.1. The number of nitrogens with one attached hydrogen (secondary N) is 2. The normalized spacial score (nSPS) is 13.5. The van der Waals surface area contributed by atoms with E-state index in [4.69, 9.17) is 0 Å². The fourth-order valence-corrected chi connectivity index (χ4v) is 4.78. The molecule has 27 heavy (non-hydrogen) atoms. The number of aromatic amines is 1. The van der Waals surface area contributed by atoms with Crippen LogP contribution < -0.4 is 10.9 Å². The van der Waals surface area contributed by atoms with Crippen molar-refractivity contribution in [2.45, 2.75) is 45.1 Å². The minimum Gasteiger partial charge on any atom is -0.352 e. The lowest BCUT2D eigenvalue weighted by Crippen LogP contribution is -2.23. The Morgan fingerprint density at radius 1 is 1.30 bits per heavy atom. The maximum Gasteiger partial charge on any atom is 0.259 e. The lowest BCUT2D eigenvalue weighted by atomic mass is 9.97. The molecule has 1 amide bonds. The van der Waals surface area contributed by atoms with Crippen molar-refractivity contribution in [3.63, 3.8) is 0 Å². The van der Waals surface area contributed by atoms with Crippen molar-refractivity contribution in [1.82, 2.24) is 15.3 Å². The van der Waals surface area contributed by atoms with Crippen LogP contribution in [-0.4, -0.2) is 15.9 Å². The fraction of sp³-hybridized carbons (Fsp3) is 0.350. The van der Waals surface area contributed by atoms with Gasteiger partial charge in [0.15, 0.2) is 0 Å². The molecule has 2 aromatic heterocycles. The summed E-state index contributed by atoms with van der Waals surface area (Å²) in [6.45, 7) is 0.275. The molecule has 0 bridgehead atoms. The van der Waals surface area contributed by atoms with Crippen molar-refractivity contribution in [3.8, 4) is 0 Å². The zero-order valence-electron chi connectivity index (χ0n) is 14.8. The van der Waals surface area contributed by atoms with Crippen LogP contribution in [0.5, 0.6) is 0 Å². The Bertz CT molecular complexity index is 1060. The van der Waals surface area contributed by atoms with Gasteiger partial charge in [-0.15, -0.1) is 11.3 Å². The molecule has 1 aliphatic carbocycles. The quantitative estimate of drug-likeness (QED) is 0.708. The number of hydrogen-bond acceptors (Lipinski definition) is 4. The largest absolute Gasteiger partial charge is 0.352 e. The summed E-state index contributed by atoms with van der Waals surface area (Å²) < 4.78 is 13.2. The van der Waals surface area contributed by atoms with Crippen LogP contribution >= 0.6 is 11.3 Å². The highest BCUT2D eigenvalue weighted by Crippen LogP contribution is 2.33. The Kier molecular flexibility index (Phi) is 5.03. The maximum atomic E-state index is 13.2. The minimum atomic E-state index is -0.324. The van der Waals surface area contributed by atoms with Crippen LogP contribution in [0.15, 0.2) is 29.1 Å². The molecule has 140 valence electrons. The SMILES string of the molecule is O=C(CCc1nc2sc3c(c2c(=O)[nH]1)CCCC3)NCc1cccc(F)c1. The number of carbonyl (C=O) groups is 1. The van der Waals surface area contributed by atoms with Gasteiger partial charge in [-0.2, -0.15) is 0 Å². The van der Waals surface area contributed by atoms with Crippen LogP contribution in [0.25, 0.3) is 10.2 Å². The summed E-state index contributed by atoms with van der Waals surface area (Å²) in [6.07, 6.45) is 4.83. The van der Waals surface area contributed by atoms with Crippen molar-refractivity contribution in [1.29, 1.82) is 0 Å². The molecule has 7 heteroatoms. The summed E-state index contributed by atoms with van der Waals surface area (Å²) in [4.78, 5) is 34.0. The number of benzene rings is 1. The maximum absolute atomic E-state index is 13.2. The molecule has 2 N–H and O–H groups in total. The molecule has 0 fully saturated rings. The number of amides is 1. The van der Waals surface area contributed by atoms with Gasteiger partial charge in [-0.3, -0.25) is 9.59 Å². The van der Waals surface area contributed by atoms with Crippen LogP contribution in [0.1, 0.15) is 41.1 Å². The molecule has 1 aromatic carbocycles. The molecule has 0 aliphatic heterocycles. The third kappa shape index (κ3) is 3.93. The van der Waals surface area contributed by atoms with Gasteiger partial charge in [0.2, 0.25) is 5.91 Å². The van der Waals surface area contributed by atoms with Gasteiger partial charge in [-0.25, -0.2) is 9.37 Å². The van der Waals surface area contributed by atoms with Crippen LogP contribution in [0.3, 0.4) is 0 Å². The van der Waals surface area contributed by atoms with E-state index in [0.29, 0.717) is 17.8 Å². The summed E-state index contributed by atoms with van der Waals surface area (Å²) in [5, 5.41) is 3.50. The molecule has 0 saturated carbocycles. The summed E-state index contributed by atoms with van der Waals surface area (Å²) in [6, 6.07) is 6.13. The zero-order valence-corrected chi connectivity index (χ0v) is 15.6. The first-order valence-electron chi connectivity index (χ1n) is 9.15. The van der Waals surface area contributed by atoms with Gasteiger partial charge in [0, 0.05) is 24.3 Å². The molecule has 5 nitrogen and oxygen atoms in total. The number of aryl methyl sites for hydroxylation is 3.